The number of piperazine rings is 1. The molecular weight excluding hydrogens is 204 g/mol. The highest BCUT2D eigenvalue weighted by atomic mass is 16.2. The van der Waals surface area contributed by atoms with Gasteiger partial charge in [-0.15, -0.1) is 0 Å². The fourth-order valence-electron chi connectivity index (χ4n) is 2.19. The van der Waals surface area contributed by atoms with Crippen molar-refractivity contribution in [2.45, 2.75) is 19.3 Å². The smallest absolute Gasteiger partial charge is 0.246 e. The van der Waals surface area contributed by atoms with Gasteiger partial charge in [0.05, 0.1) is 0 Å². The van der Waals surface area contributed by atoms with Crippen LogP contribution in [-0.2, 0) is 9.59 Å². The molecule has 0 aromatic heterocycles. The van der Waals surface area contributed by atoms with Gasteiger partial charge < -0.3 is 9.80 Å². The summed E-state index contributed by atoms with van der Waals surface area (Å²) in [6.45, 7) is 6.10. The first-order valence-corrected chi connectivity index (χ1v) is 5.92. The number of rotatable bonds is 2. The molecule has 2 fully saturated rings. The molecule has 0 N–H and O–H groups in total. The zero-order valence-corrected chi connectivity index (χ0v) is 9.52. The van der Waals surface area contributed by atoms with Gasteiger partial charge in [-0.1, -0.05) is 13.0 Å². The molecule has 0 aromatic rings. The Hall–Kier alpha value is -1.32. The van der Waals surface area contributed by atoms with E-state index >= 15 is 0 Å². The summed E-state index contributed by atoms with van der Waals surface area (Å²) >= 11 is 0. The van der Waals surface area contributed by atoms with E-state index in [-0.39, 0.29) is 17.7 Å². The molecule has 2 rings (SSSR count). The Morgan fingerprint density at radius 1 is 1.06 bits per heavy atom. The van der Waals surface area contributed by atoms with Crippen LogP contribution in [0.15, 0.2) is 12.7 Å². The van der Waals surface area contributed by atoms with Crippen LogP contribution in [0.3, 0.4) is 0 Å². The molecule has 0 bridgehead atoms. The predicted molar refractivity (Wildman–Crippen MR) is 60.7 cm³/mol. The topological polar surface area (TPSA) is 40.6 Å². The summed E-state index contributed by atoms with van der Waals surface area (Å²) in [4.78, 5) is 26.9. The van der Waals surface area contributed by atoms with E-state index in [1.54, 1.807) is 4.90 Å². The molecule has 1 saturated carbocycles. The van der Waals surface area contributed by atoms with Crippen LogP contribution in [-0.4, -0.2) is 47.8 Å². The zero-order valence-electron chi connectivity index (χ0n) is 9.52. The van der Waals surface area contributed by atoms with Gasteiger partial charge in [0.25, 0.3) is 0 Å². The Morgan fingerprint density at radius 2 is 1.62 bits per heavy atom. The molecule has 0 aromatic carbocycles. The Labute approximate surface area is 95.9 Å². The molecule has 2 amide bonds. The van der Waals surface area contributed by atoms with E-state index in [1.165, 1.54) is 12.5 Å². The second kappa shape index (κ2) is 4.68. The molecule has 4 heteroatoms. The molecule has 16 heavy (non-hydrogen) atoms. The highest BCUT2D eigenvalue weighted by Crippen LogP contribution is 2.28. The van der Waals surface area contributed by atoms with Crippen LogP contribution in [0.1, 0.15) is 19.3 Å². The van der Waals surface area contributed by atoms with Gasteiger partial charge in [-0.3, -0.25) is 9.59 Å². The van der Waals surface area contributed by atoms with Gasteiger partial charge in [-0.2, -0.15) is 0 Å². The van der Waals surface area contributed by atoms with E-state index in [0.717, 1.165) is 12.8 Å². The first-order valence-electron chi connectivity index (χ1n) is 5.92. The normalized spacial score (nSPS) is 21.5. The Kier molecular flexibility index (Phi) is 3.27. The maximum atomic E-state index is 11.9. The summed E-state index contributed by atoms with van der Waals surface area (Å²) in [6.07, 6.45) is 4.62. The molecule has 0 spiro atoms. The lowest BCUT2D eigenvalue weighted by Gasteiger charge is -2.37. The van der Waals surface area contributed by atoms with Crippen molar-refractivity contribution in [1.29, 1.82) is 0 Å². The molecule has 1 heterocycles. The van der Waals surface area contributed by atoms with Crippen molar-refractivity contribution in [2.24, 2.45) is 5.92 Å². The van der Waals surface area contributed by atoms with E-state index in [9.17, 15) is 9.59 Å². The molecular formula is C12H18N2O2. The molecule has 88 valence electrons. The van der Waals surface area contributed by atoms with E-state index < -0.39 is 0 Å². The Balaban J connectivity index is 1.82. The standard InChI is InChI=1S/C12H18N2O2/c1-2-11(15)13-6-8-14(9-7-13)12(16)10-4-3-5-10/h2,10H,1,3-9H2. The summed E-state index contributed by atoms with van der Waals surface area (Å²) in [5, 5.41) is 0. The molecule has 1 saturated heterocycles. The fraction of sp³-hybridized carbons (Fsp3) is 0.667. The van der Waals surface area contributed by atoms with Crippen molar-refractivity contribution in [3.63, 3.8) is 0 Å². The lowest BCUT2D eigenvalue weighted by molar-refractivity contribution is -0.142. The first-order chi connectivity index (χ1) is 7.72. The van der Waals surface area contributed by atoms with Gasteiger partial charge in [0.2, 0.25) is 11.8 Å². The van der Waals surface area contributed by atoms with Crippen molar-refractivity contribution < 1.29 is 9.59 Å². The third-order valence-corrected chi connectivity index (χ3v) is 3.53. The van der Waals surface area contributed by atoms with Crippen LogP contribution in [0.4, 0.5) is 0 Å². The van der Waals surface area contributed by atoms with E-state index in [2.05, 4.69) is 6.58 Å². The number of hydrogen-bond donors (Lipinski definition) is 0. The second-order valence-electron chi connectivity index (χ2n) is 4.48. The highest BCUT2D eigenvalue weighted by molar-refractivity contribution is 5.87. The summed E-state index contributed by atoms with van der Waals surface area (Å²) in [5.74, 6) is 0.523. The second-order valence-corrected chi connectivity index (χ2v) is 4.48. The van der Waals surface area contributed by atoms with Crippen LogP contribution < -0.4 is 0 Å². The van der Waals surface area contributed by atoms with E-state index in [1.807, 2.05) is 4.90 Å². The van der Waals surface area contributed by atoms with E-state index in [4.69, 9.17) is 0 Å². The number of amides is 2. The predicted octanol–water partition coefficient (Wildman–Crippen LogP) is 0.643. The first kappa shape index (κ1) is 11.2. The van der Waals surface area contributed by atoms with Crippen LogP contribution in [0, 0.1) is 5.92 Å². The maximum absolute atomic E-state index is 11.9. The van der Waals surface area contributed by atoms with Crippen molar-refractivity contribution >= 4 is 11.8 Å². The third-order valence-electron chi connectivity index (χ3n) is 3.53. The van der Waals surface area contributed by atoms with Gasteiger partial charge in [0, 0.05) is 32.1 Å². The number of nitrogens with zero attached hydrogens (tertiary/aromatic N) is 2. The van der Waals surface area contributed by atoms with Crippen LogP contribution in [0.25, 0.3) is 0 Å². The minimum atomic E-state index is -0.0317. The third kappa shape index (κ3) is 2.10. The SMILES string of the molecule is C=CC(=O)N1CCN(C(=O)C2CCC2)CC1. The largest absolute Gasteiger partial charge is 0.339 e. The molecule has 2 aliphatic rings. The van der Waals surface area contributed by atoms with Gasteiger partial charge in [-0.05, 0) is 18.9 Å². The summed E-state index contributed by atoms with van der Waals surface area (Å²) in [5.41, 5.74) is 0. The zero-order chi connectivity index (χ0) is 11.5. The van der Waals surface area contributed by atoms with Crippen molar-refractivity contribution in [2.75, 3.05) is 26.2 Å². The minimum Gasteiger partial charge on any atom is -0.339 e. The Morgan fingerprint density at radius 3 is 2.06 bits per heavy atom. The van der Waals surface area contributed by atoms with E-state index in [0.29, 0.717) is 26.2 Å². The van der Waals surface area contributed by atoms with Gasteiger partial charge in [-0.25, -0.2) is 0 Å². The highest BCUT2D eigenvalue weighted by Gasteiger charge is 2.31. The minimum absolute atomic E-state index is 0.0317. The molecule has 0 atom stereocenters. The molecule has 0 unspecified atom stereocenters. The van der Waals surface area contributed by atoms with Gasteiger partial charge in [0.15, 0.2) is 0 Å². The summed E-state index contributed by atoms with van der Waals surface area (Å²) in [6, 6.07) is 0. The summed E-state index contributed by atoms with van der Waals surface area (Å²) < 4.78 is 0. The lowest BCUT2D eigenvalue weighted by atomic mass is 9.84. The molecule has 1 aliphatic carbocycles. The van der Waals surface area contributed by atoms with Crippen LogP contribution >= 0.6 is 0 Å². The maximum Gasteiger partial charge on any atom is 0.246 e. The van der Waals surface area contributed by atoms with Crippen LogP contribution in [0.5, 0.6) is 0 Å². The number of carbonyl (C=O) groups excluding carboxylic acids is 2. The lowest BCUT2D eigenvalue weighted by Crippen LogP contribution is -2.52. The molecule has 1 aliphatic heterocycles. The average Bonchev–Trinajstić information content (AvgIpc) is 2.26. The van der Waals surface area contributed by atoms with Gasteiger partial charge >= 0.3 is 0 Å². The number of carbonyl (C=O) groups is 2. The molecule has 0 radical (unpaired) electrons. The fourth-order valence-corrected chi connectivity index (χ4v) is 2.19. The van der Waals surface area contributed by atoms with Crippen molar-refractivity contribution in [3.8, 4) is 0 Å². The molecule has 4 nitrogen and oxygen atoms in total. The monoisotopic (exact) mass is 222 g/mol. The Bertz CT molecular complexity index is 302. The van der Waals surface area contributed by atoms with Crippen LogP contribution in [0.2, 0.25) is 0 Å². The van der Waals surface area contributed by atoms with Gasteiger partial charge in [0.1, 0.15) is 0 Å². The van der Waals surface area contributed by atoms with Crippen molar-refractivity contribution in [1.82, 2.24) is 9.80 Å². The summed E-state index contributed by atoms with van der Waals surface area (Å²) in [7, 11) is 0. The average molecular weight is 222 g/mol. The van der Waals surface area contributed by atoms with Crippen molar-refractivity contribution in [3.05, 3.63) is 12.7 Å². The quantitative estimate of drug-likeness (QED) is 0.643. The number of hydrogen-bond acceptors (Lipinski definition) is 2.